The van der Waals surface area contributed by atoms with E-state index < -0.39 is 29.8 Å². The van der Waals surface area contributed by atoms with Gasteiger partial charge in [0.15, 0.2) is 0 Å². The van der Waals surface area contributed by atoms with Crippen molar-refractivity contribution in [1.29, 1.82) is 0 Å². The van der Waals surface area contributed by atoms with Crippen LogP contribution in [0.25, 0.3) is 20.8 Å². The maximum Gasteiger partial charge on any atom is 0.224 e. The van der Waals surface area contributed by atoms with Crippen LogP contribution in [0.3, 0.4) is 0 Å². The maximum atomic E-state index is 11.1. The summed E-state index contributed by atoms with van der Waals surface area (Å²) >= 11 is 1.53. The first-order valence-corrected chi connectivity index (χ1v) is 14.2. The van der Waals surface area contributed by atoms with Gasteiger partial charge in [-0.2, -0.15) is 4.98 Å². The minimum atomic E-state index is -1.06. The molecular formula is C27H40N6O4S. The molecule has 1 saturated carbocycles. The highest BCUT2D eigenvalue weighted by Crippen LogP contribution is 2.42. The Balaban J connectivity index is 1.70. The Hall–Kier alpha value is -2.44. The zero-order valence-electron chi connectivity index (χ0n) is 23.0. The lowest BCUT2D eigenvalue weighted by atomic mass is 9.80. The molecule has 0 saturated heterocycles. The number of aromatic nitrogens is 4. The third-order valence-electron chi connectivity index (χ3n) is 7.55. The van der Waals surface area contributed by atoms with Crippen molar-refractivity contribution in [3.05, 3.63) is 23.7 Å². The average Bonchev–Trinajstić information content (AvgIpc) is 3.43. The second-order valence-electron chi connectivity index (χ2n) is 10.3. The number of fused-ring (bicyclic) bond motifs is 1. The Kier molecular flexibility index (Phi) is 8.83. The molecule has 0 spiro atoms. The van der Waals surface area contributed by atoms with Crippen molar-refractivity contribution in [2.45, 2.75) is 90.8 Å². The predicted octanol–water partition coefficient (Wildman–Crippen LogP) is 3.68. The van der Waals surface area contributed by atoms with Crippen molar-refractivity contribution in [3.63, 3.8) is 0 Å². The number of anilines is 2. The molecule has 0 aliphatic heterocycles. The van der Waals surface area contributed by atoms with Gasteiger partial charge in [-0.15, -0.1) is 11.3 Å². The average molecular weight is 545 g/mol. The maximum absolute atomic E-state index is 11.1. The molecule has 3 heterocycles. The summed E-state index contributed by atoms with van der Waals surface area (Å²) in [6.07, 6.45) is 1.17. The van der Waals surface area contributed by atoms with Crippen molar-refractivity contribution in [3.8, 4) is 10.6 Å². The van der Waals surface area contributed by atoms with Crippen molar-refractivity contribution >= 4 is 33.3 Å². The van der Waals surface area contributed by atoms with Crippen LogP contribution in [0.15, 0.2) is 12.3 Å². The van der Waals surface area contributed by atoms with Gasteiger partial charge in [0.2, 0.25) is 5.95 Å². The monoisotopic (exact) mass is 544 g/mol. The van der Waals surface area contributed by atoms with Gasteiger partial charge in [0.25, 0.3) is 0 Å². The number of ether oxygens (including phenoxy) is 1. The summed E-state index contributed by atoms with van der Waals surface area (Å²) < 4.78 is 6.64. The van der Waals surface area contributed by atoms with Crippen LogP contribution in [0, 0.1) is 19.8 Å². The fourth-order valence-corrected chi connectivity index (χ4v) is 6.33. The summed E-state index contributed by atoms with van der Waals surface area (Å²) in [5.41, 5.74) is 2.08. The van der Waals surface area contributed by atoms with E-state index in [0.29, 0.717) is 44.2 Å². The summed E-state index contributed by atoms with van der Waals surface area (Å²) in [6.45, 7) is 12.7. The molecule has 0 amide bonds. The normalized spacial score (nSPS) is 21.9. The number of nitrogens with zero attached hydrogens (tertiary/aromatic N) is 4. The number of thiazole rings is 1. The molecule has 1 aliphatic carbocycles. The van der Waals surface area contributed by atoms with E-state index in [1.807, 2.05) is 47.6 Å². The van der Waals surface area contributed by atoms with Gasteiger partial charge in [-0.25, -0.2) is 9.97 Å². The van der Waals surface area contributed by atoms with E-state index in [2.05, 4.69) is 15.6 Å². The van der Waals surface area contributed by atoms with Gasteiger partial charge in [0.1, 0.15) is 22.4 Å². The number of pyridine rings is 1. The molecule has 0 bridgehead atoms. The first-order valence-electron chi connectivity index (χ1n) is 13.4. The van der Waals surface area contributed by atoms with Crippen molar-refractivity contribution in [2.75, 3.05) is 23.8 Å². The molecule has 11 heteroatoms. The molecule has 5 N–H and O–H groups in total. The van der Waals surface area contributed by atoms with E-state index in [1.54, 1.807) is 6.20 Å². The van der Waals surface area contributed by atoms with Crippen molar-refractivity contribution < 1.29 is 20.1 Å². The van der Waals surface area contributed by atoms with E-state index in [4.69, 9.17) is 19.7 Å². The number of rotatable bonds is 11. The molecule has 3 aromatic rings. The number of aliphatic hydroxyl groups excluding tert-OH is 2. The lowest BCUT2D eigenvalue weighted by Crippen LogP contribution is -2.43. The molecular weight excluding hydrogens is 504 g/mol. The quantitative estimate of drug-likeness (QED) is 0.227. The van der Waals surface area contributed by atoms with Gasteiger partial charge in [0.05, 0.1) is 52.1 Å². The summed E-state index contributed by atoms with van der Waals surface area (Å²) in [5, 5.41) is 40.4. The molecule has 10 nitrogen and oxygen atoms in total. The first kappa shape index (κ1) is 28.6. The SMILES string of the molecule is CCC(O)(CC)[C@H]1C[C@@H](Nc2nc(NCCOC(C)C)nc(C)c2-c2nc3c(C)nccc3s2)[C@H](O)[C@@H]1O. The smallest absolute Gasteiger partial charge is 0.224 e. The Morgan fingerprint density at radius 2 is 1.84 bits per heavy atom. The van der Waals surface area contributed by atoms with E-state index in [1.165, 1.54) is 11.3 Å². The minimum absolute atomic E-state index is 0.129. The van der Waals surface area contributed by atoms with Crippen LogP contribution in [0.4, 0.5) is 11.8 Å². The summed E-state index contributed by atoms with van der Waals surface area (Å²) in [4.78, 5) is 18.7. The molecule has 3 aromatic heterocycles. The highest BCUT2D eigenvalue weighted by atomic mass is 32.1. The molecule has 4 atom stereocenters. The summed E-state index contributed by atoms with van der Waals surface area (Å²) in [6, 6.07) is 1.43. The molecule has 1 fully saturated rings. The van der Waals surface area contributed by atoms with Gasteiger partial charge < -0.3 is 30.7 Å². The molecule has 0 aromatic carbocycles. The van der Waals surface area contributed by atoms with E-state index in [0.717, 1.165) is 32.2 Å². The van der Waals surface area contributed by atoms with Gasteiger partial charge in [-0.1, -0.05) is 13.8 Å². The van der Waals surface area contributed by atoms with Crippen LogP contribution >= 0.6 is 11.3 Å². The van der Waals surface area contributed by atoms with Crippen LogP contribution in [0.2, 0.25) is 0 Å². The number of hydrogen-bond donors (Lipinski definition) is 5. The zero-order chi connectivity index (χ0) is 27.6. The van der Waals surface area contributed by atoms with Crippen LogP contribution in [0.1, 0.15) is 58.3 Å². The molecule has 0 radical (unpaired) electrons. The van der Waals surface area contributed by atoms with Crippen LogP contribution in [-0.4, -0.2) is 78.4 Å². The van der Waals surface area contributed by atoms with Crippen LogP contribution < -0.4 is 10.6 Å². The lowest BCUT2D eigenvalue weighted by molar-refractivity contribution is -0.0843. The Bertz CT molecular complexity index is 1250. The third kappa shape index (κ3) is 5.76. The van der Waals surface area contributed by atoms with Crippen molar-refractivity contribution in [2.24, 2.45) is 5.92 Å². The lowest BCUT2D eigenvalue weighted by Gasteiger charge is -2.34. The summed E-state index contributed by atoms with van der Waals surface area (Å²) in [7, 11) is 0. The van der Waals surface area contributed by atoms with Crippen LogP contribution in [0.5, 0.6) is 0 Å². The van der Waals surface area contributed by atoms with Gasteiger partial charge >= 0.3 is 0 Å². The minimum Gasteiger partial charge on any atom is -0.390 e. The fraction of sp³-hybridized carbons (Fsp3) is 0.630. The Morgan fingerprint density at radius 1 is 1.11 bits per heavy atom. The molecule has 38 heavy (non-hydrogen) atoms. The van der Waals surface area contributed by atoms with Gasteiger partial charge in [-0.3, -0.25) is 4.98 Å². The molecule has 1 aliphatic rings. The largest absolute Gasteiger partial charge is 0.390 e. The fourth-order valence-electron chi connectivity index (χ4n) is 5.22. The van der Waals surface area contributed by atoms with E-state index in [-0.39, 0.29) is 6.10 Å². The topological polar surface area (TPSA) is 146 Å². The predicted molar refractivity (Wildman–Crippen MR) is 151 cm³/mol. The Morgan fingerprint density at radius 3 is 2.50 bits per heavy atom. The van der Waals surface area contributed by atoms with Crippen molar-refractivity contribution in [1.82, 2.24) is 19.9 Å². The first-order chi connectivity index (χ1) is 18.1. The number of hydrogen-bond acceptors (Lipinski definition) is 11. The highest BCUT2D eigenvalue weighted by molar-refractivity contribution is 7.21. The van der Waals surface area contributed by atoms with Gasteiger partial charge in [0, 0.05) is 18.7 Å². The highest BCUT2D eigenvalue weighted by Gasteiger charge is 2.50. The van der Waals surface area contributed by atoms with Crippen LogP contribution in [-0.2, 0) is 4.74 Å². The standard InChI is InChI=1S/C27H40N6O4S/c1-7-27(36,8-2)17-13-18(23(35)22(17)34)31-24-20(25-32-21-16(6)28-10-9-19(21)38-25)15(5)30-26(33-24)29-11-12-37-14(3)4/h9-10,14,17-18,22-23,34-36H,7-8,11-13H2,1-6H3,(H2,29,30,31,33)/t17-,18+,22+,23-/m0/s1. The molecule has 4 rings (SSSR count). The number of aryl methyl sites for hydroxylation is 2. The number of nitrogens with one attached hydrogen (secondary N) is 2. The van der Waals surface area contributed by atoms with Gasteiger partial charge in [-0.05, 0) is 53.0 Å². The zero-order valence-corrected chi connectivity index (χ0v) is 23.8. The van der Waals surface area contributed by atoms with E-state index >= 15 is 0 Å². The molecule has 0 unspecified atom stereocenters. The third-order valence-corrected chi connectivity index (χ3v) is 8.59. The molecule has 208 valence electrons. The second kappa shape index (κ2) is 11.7. The second-order valence-corrected chi connectivity index (χ2v) is 11.4. The Labute approximate surface area is 227 Å². The summed E-state index contributed by atoms with van der Waals surface area (Å²) in [5.74, 6) is 0.490. The number of aliphatic hydroxyl groups is 3. The van der Waals surface area contributed by atoms with E-state index in [9.17, 15) is 15.3 Å².